The van der Waals surface area contributed by atoms with E-state index in [1.54, 1.807) is 44.2 Å². The maximum Gasteiger partial charge on any atom is 0.349 e. The van der Waals surface area contributed by atoms with Gasteiger partial charge in [-0.1, -0.05) is 12.1 Å². The van der Waals surface area contributed by atoms with Crippen molar-refractivity contribution in [3.8, 4) is 11.5 Å². The van der Waals surface area contributed by atoms with Crippen LogP contribution in [0, 0.1) is 17.0 Å². The van der Waals surface area contributed by atoms with Gasteiger partial charge in [-0.2, -0.15) is 0 Å². The van der Waals surface area contributed by atoms with E-state index >= 15 is 0 Å². The summed E-state index contributed by atoms with van der Waals surface area (Å²) < 4.78 is 23.4. The summed E-state index contributed by atoms with van der Waals surface area (Å²) in [4.78, 5) is 23.4. The standard InChI is InChI=1S/C19H13NO7/c1-10-7-16-12(8-14(10)20(22)23)18(2)24-9-13-17(21)25-15-6-4-3-5-11(15)19(13,26-16)27-18/h3-9H,1-2H3. The van der Waals surface area contributed by atoms with E-state index in [1.807, 2.05) is 0 Å². The van der Waals surface area contributed by atoms with Gasteiger partial charge in [0, 0.05) is 18.6 Å². The van der Waals surface area contributed by atoms with Gasteiger partial charge in [0.15, 0.2) is 0 Å². The Bertz CT molecular complexity index is 1080. The molecule has 3 heterocycles. The van der Waals surface area contributed by atoms with Gasteiger partial charge in [0.2, 0.25) is 5.79 Å². The fourth-order valence-electron chi connectivity index (χ4n) is 3.68. The molecule has 27 heavy (non-hydrogen) atoms. The molecule has 136 valence electrons. The first-order chi connectivity index (χ1) is 12.8. The first-order valence-electron chi connectivity index (χ1n) is 8.23. The number of nitrogens with zero attached hydrogens (tertiary/aromatic N) is 1. The number of hydrogen-bond acceptors (Lipinski definition) is 7. The summed E-state index contributed by atoms with van der Waals surface area (Å²) >= 11 is 0. The van der Waals surface area contributed by atoms with Crippen LogP contribution in [-0.4, -0.2) is 10.9 Å². The van der Waals surface area contributed by atoms with Crippen LogP contribution >= 0.6 is 0 Å². The second-order valence-electron chi connectivity index (χ2n) is 6.69. The van der Waals surface area contributed by atoms with Gasteiger partial charge in [0.25, 0.3) is 11.5 Å². The fourth-order valence-corrected chi connectivity index (χ4v) is 3.68. The van der Waals surface area contributed by atoms with E-state index in [0.29, 0.717) is 28.2 Å². The quantitative estimate of drug-likeness (QED) is 0.330. The zero-order valence-electron chi connectivity index (χ0n) is 14.3. The van der Waals surface area contributed by atoms with Crippen LogP contribution in [0.2, 0.25) is 0 Å². The average molecular weight is 367 g/mol. The molecular weight excluding hydrogens is 354 g/mol. The van der Waals surface area contributed by atoms with Crippen LogP contribution in [-0.2, 0) is 25.8 Å². The van der Waals surface area contributed by atoms with Crippen LogP contribution in [0.5, 0.6) is 11.5 Å². The molecule has 0 radical (unpaired) electrons. The zero-order chi connectivity index (χ0) is 19.0. The number of fused-ring (bicyclic) bond motifs is 4. The maximum absolute atomic E-state index is 12.5. The molecule has 3 aliphatic rings. The molecule has 2 unspecified atom stereocenters. The molecule has 3 aliphatic heterocycles. The van der Waals surface area contributed by atoms with Gasteiger partial charge in [0.1, 0.15) is 23.3 Å². The number of ether oxygens (including phenoxy) is 4. The number of nitro groups is 1. The molecule has 2 bridgehead atoms. The predicted molar refractivity (Wildman–Crippen MR) is 89.8 cm³/mol. The van der Waals surface area contributed by atoms with Crippen molar-refractivity contribution in [2.75, 3.05) is 0 Å². The second-order valence-corrected chi connectivity index (χ2v) is 6.69. The van der Waals surface area contributed by atoms with Crippen LogP contribution in [0.15, 0.2) is 48.2 Å². The van der Waals surface area contributed by atoms with Crippen molar-refractivity contribution in [1.29, 1.82) is 0 Å². The molecule has 0 aromatic heterocycles. The number of rotatable bonds is 1. The molecule has 1 spiro atoms. The van der Waals surface area contributed by atoms with E-state index in [9.17, 15) is 14.9 Å². The number of aryl methyl sites for hydroxylation is 1. The highest BCUT2D eigenvalue weighted by Gasteiger charge is 2.61. The lowest BCUT2D eigenvalue weighted by Crippen LogP contribution is -2.56. The highest BCUT2D eigenvalue weighted by Crippen LogP contribution is 2.57. The van der Waals surface area contributed by atoms with Crippen LogP contribution in [0.1, 0.15) is 23.6 Å². The smallest absolute Gasteiger partial charge is 0.349 e. The van der Waals surface area contributed by atoms with E-state index in [2.05, 4.69) is 0 Å². The van der Waals surface area contributed by atoms with Crippen molar-refractivity contribution in [3.63, 3.8) is 0 Å². The lowest BCUT2D eigenvalue weighted by Gasteiger charge is -2.50. The molecule has 0 N–H and O–H groups in total. The SMILES string of the molecule is Cc1cc2c(cc1[N+](=O)[O-])C1(C)OC=C3C(=O)Oc4ccccc4C3(O2)O1. The third-order valence-corrected chi connectivity index (χ3v) is 5.00. The topological polar surface area (TPSA) is 97.1 Å². The lowest BCUT2D eigenvalue weighted by atomic mass is 9.89. The maximum atomic E-state index is 12.5. The number of nitro benzene ring substituents is 1. The minimum Gasteiger partial charge on any atom is -0.465 e. The minimum absolute atomic E-state index is 0.0695. The Morgan fingerprint density at radius 3 is 2.67 bits per heavy atom. The largest absolute Gasteiger partial charge is 0.465 e. The van der Waals surface area contributed by atoms with Gasteiger partial charge >= 0.3 is 5.97 Å². The molecule has 0 saturated carbocycles. The number of hydrogen-bond donors (Lipinski definition) is 0. The zero-order valence-corrected chi connectivity index (χ0v) is 14.3. The third kappa shape index (κ3) is 1.93. The molecule has 2 atom stereocenters. The van der Waals surface area contributed by atoms with E-state index in [4.69, 9.17) is 18.9 Å². The monoisotopic (exact) mass is 367 g/mol. The third-order valence-electron chi connectivity index (χ3n) is 5.00. The number of para-hydroxylation sites is 1. The summed E-state index contributed by atoms with van der Waals surface area (Å²) in [7, 11) is 0. The van der Waals surface area contributed by atoms with Crippen LogP contribution in [0.3, 0.4) is 0 Å². The molecule has 5 rings (SSSR count). The molecule has 0 fully saturated rings. The number of benzene rings is 2. The Kier molecular flexibility index (Phi) is 2.85. The van der Waals surface area contributed by atoms with Crippen LogP contribution in [0.4, 0.5) is 5.69 Å². The Balaban J connectivity index is 1.79. The minimum atomic E-state index is -1.55. The van der Waals surface area contributed by atoms with Gasteiger partial charge in [0.05, 0.1) is 16.1 Å². The average Bonchev–Trinajstić information content (AvgIpc) is 2.60. The van der Waals surface area contributed by atoms with Crippen molar-refractivity contribution < 1.29 is 28.7 Å². The van der Waals surface area contributed by atoms with E-state index in [0.717, 1.165) is 0 Å². The predicted octanol–water partition coefficient (Wildman–Crippen LogP) is 3.17. The molecule has 0 amide bonds. The van der Waals surface area contributed by atoms with E-state index in [-0.39, 0.29) is 11.3 Å². The molecule has 8 heteroatoms. The molecule has 2 aromatic carbocycles. The first kappa shape index (κ1) is 15.8. The molecule has 0 aliphatic carbocycles. The summed E-state index contributed by atoms with van der Waals surface area (Å²) in [5, 5.41) is 11.3. The van der Waals surface area contributed by atoms with E-state index < -0.39 is 22.5 Å². The van der Waals surface area contributed by atoms with Crippen LogP contribution in [0.25, 0.3) is 0 Å². The van der Waals surface area contributed by atoms with Gasteiger partial charge in [-0.15, -0.1) is 0 Å². The summed E-state index contributed by atoms with van der Waals surface area (Å²) in [6, 6.07) is 9.84. The Hall–Kier alpha value is -3.39. The summed E-state index contributed by atoms with van der Waals surface area (Å²) in [6.07, 6.45) is 1.25. The van der Waals surface area contributed by atoms with Gasteiger partial charge < -0.3 is 14.2 Å². The summed E-state index contributed by atoms with van der Waals surface area (Å²) in [5.41, 5.74) is 1.32. The first-order valence-corrected chi connectivity index (χ1v) is 8.23. The molecular formula is C19H13NO7. The molecule has 2 aromatic rings. The second kappa shape index (κ2) is 4.86. The van der Waals surface area contributed by atoms with Gasteiger partial charge in [-0.25, -0.2) is 4.79 Å². The van der Waals surface area contributed by atoms with Gasteiger partial charge in [-0.05, 0) is 25.1 Å². The van der Waals surface area contributed by atoms with Crippen molar-refractivity contribution in [3.05, 3.63) is 75.0 Å². The van der Waals surface area contributed by atoms with Crippen molar-refractivity contribution in [2.24, 2.45) is 0 Å². The van der Waals surface area contributed by atoms with Gasteiger partial charge in [-0.3, -0.25) is 14.9 Å². The highest BCUT2D eigenvalue weighted by molar-refractivity contribution is 5.95. The lowest BCUT2D eigenvalue weighted by molar-refractivity contribution is -0.386. The normalized spacial score (nSPS) is 27.0. The number of carbonyl (C=O) groups is 1. The van der Waals surface area contributed by atoms with Crippen molar-refractivity contribution in [2.45, 2.75) is 25.4 Å². The summed E-state index contributed by atoms with van der Waals surface area (Å²) in [6.45, 7) is 3.25. The molecule has 0 saturated heterocycles. The number of esters is 1. The summed E-state index contributed by atoms with van der Waals surface area (Å²) in [5.74, 6) is -2.89. The van der Waals surface area contributed by atoms with Crippen molar-refractivity contribution in [1.82, 2.24) is 0 Å². The van der Waals surface area contributed by atoms with Crippen molar-refractivity contribution >= 4 is 11.7 Å². The fraction of sp³-hybridized carbons (Fsp3) is 0.211. The number of carbonyl (C=O) groups excluding carboxylic acids is 1. The Labute approximate surface area is 153 Å². The Morgan fingerprint density at radius 1 is 1.11 bits per heavy atom. The van der Waals surface area contributed by atoms with Crippen LogP contribution < -0.4 is 9.47 Å². The Morgan fingerprint density at radius 2 is 1.89 bits per heavy atom. The molecule has 8 nitrogen and oxygen atoms in total. The highest BCUT2D eigenvalue weighted by atomic mass is 16.8. The van der Waals surface area contributed by atoms with E-state index in [1.165, 1.54) is 12.3 Å².